The van der Waals surface area contributed by atoms with Gasteiger partial charge in [0, 0.05) is 16.6 Å². The largest absolute Gasteiger partial charge is 0.392 e. The summed E-state index contributed by atoms with van der Waals surface area (Å²) in [5.41, 5.74) is 1.38. The Morgan fingerprint density at radius 3 is 2.14 bits per heavy atom. The molecule has 0 spiro atoms. The van der Waals surface area contributed by atoms with Gasteiger partial charge in [0.1, 0.15) is 0 Å². The second kappa shape index (κ2) is 6.77. The van der Waals surface area contributed by atoms with E-state index >= 15 is 0 Å². The molecule has 0 aliphatic carbocycles. The molecule has 0 heterocycles. The van der Waals surface area contributed by atoms with E-state index in [4.69, 9.17) is 23.2 Å². The molecule has 0 aliphatic heterocycles. The van der Waals surface area contributed by atoms with Gasteiger partial charge in [0.25, 0.3) is 0 Å². The predicted molar refractivity (Wildman–Crippen MR) is 82.9 cm³/mol. The van der Waals surface area contributed by atoms with E-state index in [0.29, 0.717) is 11.1 Å². The first-order chi connectivity index (χ1) is 9.92. The molecule has 112 valence electrons. The third kappa shape index (κ3) is 4.18. The zero-order valence-corrected chi connectivity index (χ0v) is 13.2. The van der Waals surface area contributed by atoms with Gasteiger partial charge in [-0.05, 0) is 29.3 Å². The highest BCUT2D eigenvalue weighted by atomic mass is 35.5. The summed E-state index contributed by atoms with van der Waals surface area (Å²) in [5, 5.41) is 9.72. The summed E-state index contributed by atoms with van der Waals surface area (Å²) < 4.78 is 26.9. The minimum Gasteiger partial charge on any atom is -0.392 e. The van der Waals surface area contributed by atoms with Crippen molar-refractivity contribution in [2.45, 2.75) is 18.0 Å². The molecule has 0 amide bonds. The molecule has 2 aromatic rings. The van der Waals surface area contributed by atoms with Gasteiger partial charge in [-0.3, -0.25) is 0 Å². The number of hydrogen-bond donors (Lipinski definition) is 2. The summed E-state index contributed by atoms with van der Waals surface area (Å²) >= 11 is 11.6. The van der Waals surface area contributed by atoms with E-state index in [0.717, 1.165) is 0 Å². The van der Waals surface area contributed by atoms with Crippen LogP contribution >= 0.6 is 23.2 Å². The van der Waals surface area contributed by atoms with Crippen LogP contribution in [0.4, 0.5) is 0 Å². The Morgan fingerprint density at radius 2 is 1.57 bits per heavy atom. The van der Waals surface area contributed by atoms with Crippen molar-refractivity contribution in [3.05, 3.63) is 63.6 Å². The van der Waals surface area contributed by atoms with Gasteiger partial charge in [0.15, 0.2) is 0 Å². The maximum Gasteiger partial charge on any atom is 0.240 e. The molecule has 7 heteroatoms. The fourth-order valence-corrected chi connectivity index (χ4v) is 3.56. The number of rotatable bonds is 5. The topological polar surface area (TPSA) is 66.4 Å². The Balaban J connectivity index is 2.22. The van der Waals surface area contributed by atoms with Crippen LogP contribution < -0.4 is 4.72 Å². The van der Waals surface area contributed by atoms with Crippen LogP contribution in [0.1, 0.15) is 11.1 Å². The normalized spacial score (nSPS) is 11.6. The number of aliphatic hydroxyl groups is 1. The molecule has 2 rings (SSSR count). The molecule has 0 aromatic heterocycles. The van der Waals surface area contributed by atoms with Crippen molar-refractivity contribution in [2.75, 3.05) is 0 Å². The predicted octanol–water partition coefficient (Wildman–Crippen LogP) is 2.96. The summed E-state index contributed by atoms with van der Waals surface area (Å²) in [7, 11) is -3.73. The second-order valence-corrected chi connectivity index (χ2v) is 7.00. The minimum absolute atomic E-state index is 0.00137. The van der Waals surface area contributed by atoms with Crippen molar-refractivity contribution in [1.82, 2.24) is 4.72 Å². The lowest BCUT2D eigenvalue weighted by atomic mass is 10.1. The first-order valence-electron chi connectivity index (χ1n) is 6.06. The monoisotopic (exact) mass is 345 g/mol. The van der Waals surface area contributed by atoms with Gasteiger partial charge in [-0.15, -0.1) is 0 Å². The second-order valence-electron chi connectivity index (χ2n) is 4.36. The Kier molecular flexibility index (Phi) is 5.24. The van der Waals surface area contributed by atoms with Gasteiger partial charge in [-0.25, -0.2) is 13.1 Å². The van der Waals surface area contributed by atoms with Crippen molar-refractivity contribution in [1.29, 1.82) is 0 Å². The molecule has 2 aromatic carbocycles. The number of hydrogen-bond acceptors (Lipinski definition) is 3. The molecule has 0 atom stereocenters. The van der Waals surface area contributed by atoms with Crippen LogP contribution in [-0.4, -0.2) is 13.5 Å². The molecule has 2 N–H and O–H groups in total. The van der Waals surface area contributed by atoms with Gasteiger partial charge < -0.3 is 5.11 Å². The van der Waals surface area contributed by atoms with E-state index in [1.165, 1.54) is 18.2 Å². The molecule has 4 nitrogen and oxygen atoms in total. The zero-order chi connectivity index (χ0) is 15.5. The smallest absolute Gasteiger partial charge is 0.240 e. The fraction of sp³-hybridized carbons (Fsp3) is 0.143. The van der Waals surface area contributed by atoms with Gasteiger partial charge in [-0.1, -0.05) is 47.5 Å². The van der Waals surface area contributed by atoms with E-state index in [2.05, 4.69) is 4.72 Å². The minimum atomic E-state index is -3.73. The summed E-state index contributed by atoms with van der Waals surface area (Å²) in [6, 6.07) is 11.2. The van der Waals surface area contributed by atoms with Crippen LogP contribution in [0.25, 0.3) is 0 Å². The summed E-state index contributed by atoms with van der Waals surface area (Å²) in [6.45, 7) is -0.0793. The number of aliphatic hydroxyl groups excluding tert-OH is 1. The van der Waals surface area contributed by atoms with E-state index in [1.54, 1.807) is 24.3 Å². The van der Waals surface area contributed by atoms with Crippen LogP contribution in [0.3, 0.4) is 0 Å². The van der Waals surface area contributed by atoms with Crippen molar-refractivity contribution in [3.8, 4) is 0 Å². The van der Waals surface area contributed by atoms with E-state index in [-0.39, 0.29) is 28.1 Å². The summed E-state index contributed by atoms with van der Waals surface area (Å²) in [4.78, 5) is 0.00137. The summed E-state index contributed by atoms with van der Waals surface area (Å²) in [5.74, 6) is 0. The lowest BCUT2D eigenvalue weighted by molar-refractivity contribution is 0.280. The van der Waals surface area contributed by atoms with Crippen LogP contribution in [-0.2, 0) is 23.2 Å². The van der Waals surface area contributed by atoms with Crippen molar-refractivity contribution in [3.63, 3.8) is 0 Å². The molecule has 0 unspecified atom stereocenters. The first-order valence-corrected chi connectivity index (χ1v) is 8.29. The average Bonchev–Trinajstić information content (AvgIpc) is 2.44. The lowest BCUT2D eigenvalue weighted by Crippen LogP contribution is -2.23. The average molecular weight is 346 g/mol. The standard InChI is InChI=1S/C14H13Cl2NO3S/c15-12-5-13(16)7-14(6-12)21(19,20)17-8-10-3-1-2-4-11(10)9-18/h1-7,17-18H,8-9H2. The SMILES string of the molecule is O=S(=O)(NCc1ccccc1CO)c1cc(Cl)cc(Cl)c1. The Labute approximate surface area is 133 Å². The van der Waals surface area contributed by atoms with Gasteiger partial charge in [-0.2, -0.15) is 0 Å². The summed E-state index contributed by atoms with van der Waals surface area (Å²) in [6.07, 6.45) is 0. The molecule has 21 heavy (non-hydrogen) atoms. The molecule has 0 radical (unpaired) electrons. The third-order valence-corrected chi connectivity index (χ3v) is 4.70. The Bertz CT molecular complexity index is 727. The molecule has 0 saturated carbocycles. The fourth-order valence-electron chi connectivity index (χ4n) is 1.82. The third-order valence-electron chi connectivity index (χ3n) is 2.89. The van der Waals surface area contributed by atoms with Gasteiger partial charge >= 0.3 is 0 Å². The van der Waals surface area contributed by atoms with Crippen LogP contribution in [0.2, 0.25) is 10.0 Å². The lowest BCUT2D eigenvalue weighted by Gasteiger charge is -2.10. The van der Waals surface area contributed by atoms with Crippen molar-refractivity contribution in [2.24, 2.45) is 0 Å². The number of halogens is 2. The molecule has 0 fully saturated rings. The highest BCUT2D eigenvalue weighted by Crippen LogP contribution is 2.22. The van der Waals surface area contributed by atoms with Crippen LogP contribution in [0, 0.1) is 0 Å². The zero-order valence-electron chi connectivity index (χ0n) is 10.9. The van der Waals surface area contributed by atoms with Crippen molar-refractivity contribution < 1.29 is 13.5 Å². The quantitative estimate of drug-likeness (QED) is 0.875. The van der Waals surface area contributed by atoms with Crippen LogP contribution in [0.15, 0.2) is 47.4 Å². The van der Waals surface area contributed by atoms with Crippen molar-refractivity contribution >= 4 is 33.2 Å². The molecule has 0 saturated heterocycles. The molecule has 0 aliphatic rings. The Morgan fingerprint density at radius 1 is 1.00 bits per heavy atom. The maximum absolute atomic E-state index is 12.2. The Hall–Kier alpha value is -1.11. The maximum atomic E-state index is 12.2. The van der Waals surface area contributed by atoms with E-state index in [1.807, 2.05) is 0 Å². The molecule has 0 bridgehead atoms. The van der Waals surface area contributed by atoms with E-state index in [9.17, 15) is 13.5 Å². The molecular weight excluding hydrogens is 333 g/mol. The highest BCUT2D eigenvalue weighted by Gasteiger charge is 2.16. The first kappa shape index (κ1) is 16.3. The number of sulfonamides is 1. The number of benzene rings is 2. The van der Waals surface area contributed by atoms with Crippen LogP contribution in [0.5, 0.6) is 0 Å². The number of nitrogens with one attached hydrogen (secondary N) is 1. The highest BCUT2D eigenvalue weighted by molar-refractivity contribution is 7.89. The molecular formula is C14H13Cl2NO3S. The van der Waals surface area contributed by atoms with E-state index < -0.39 is 10.0 Å². The van der Waals surface area contributed by atoms with Gasteiger partial charge in [0.05, 0.1) is 11.5 Å². The van der Waals surface area contributed by atoms with Gasteiger partial charge in [0.2, 0.25) is 10.0 Å².